The van der Waals surface area contributed by atoms with Crippen LogP contribution in [0.5, 0.6) is 0 Å². The van der Waals surface area contributed by atoms with Gasteiger partial charge < -0.3 is 4.90 Å². The number of hydrogen-bond acceptors (Lipinski definition) is 4. The molecule has 3 rings (SSSR count). The number of carbonyl (C=O) groups is 1. The first-order chi connectivity index (χ1) is 12.9. The molecule has 0 aliphatic carbocycles. The predicted molar refractivity (Wildman–Crippen MR) is 123 cm³/mol. The number of nitrogens with zero attached hydrogens (tertiary/aromatic N) is 3. The van der Waals surface area contributed by atoms with Gasteiger partial charge in [-0.05, 0) is 56.4 Å². The molecule has 1 aromatic heterocycles. The van der Waals surface area contributed by atoms with Gasteiger partial charge in [-0.15, -0.1) is 12.4 Å². The molecule has 1 amide bonds. The van der Waals surface area contributed by atoms with Crippen molar-refractivity contribution in [2.24, 2.45) is 0 Å². The first-order valence-electron chi connectivity index (χ1n) is 8.69. The maximum atomic E-state index is 13.2. The van der Waals surface area contributed by atoms with Gasteiger partial charge in [-0.3, -0.25) is 9.69 Å². The third-order valence-electron chi connectivity index (χ3n) is 4.21. The van der Waals surface area contributed by atoms with Gasteiger partial charge in [-0.2, -0.15) is 0 Å². The zero-order chi connectivity index (χ0) is 19.6. The maximum absolute atomic E-state index is 13.2. The molecule has 0 saturated heterocycles. The first kappa shape index (κ1) is 22.9. The lowest BCUT2D eigenvalue weighted by atomic mass is 10.2. The first-order valence-corrected chi connectivity index (χ1v) is 10.3. The lowest BCUT2D eigenvalue weighted by Crippen LogP contribution is -2.36. The Hall–Kier alpha value is -1.37. The summed E-state index contributed by atoms with van der Waals surface area (Å²) in [6.07, 6.45) is 0.966. The SMILES string of the molecule is CCc1ccc2nc(N(CCN(C)C)C(=O)c3cc(Cl)cc(Cl)c3)sc2c1.Cl. The van der Waals surface area contributed by atoms with Crippen LogP contribution in [0.25, 0.3) is 10.2 Å². The molecule has 0 N–H and O–H groups in total. The smallest absolute Gasteiger partial charge is 0.260 e. The molecule has 0 fully saturated rings. The normalized spacial score (nSPS) is 10.9. The standard InChI is InChI=1S/C20H21Cl2N3OS.ClH/c1-4-13-5-6-17-18(9-13)27-20(23-17)25(8-7-24(2)3)19(26)14-10-15(21)12-16(22)11-14;/h5-6,9-12H,4,7-8H2,1-3H3;1H. The average Bonchev–Trinajstić information content (AvgIpc) is 3.03. The number of halogens is 3. The van der Waals surface area contributed by atoms with Crippen molar-refractivity contribution >= 4 is 68.2 Å². The molecule has 2 aromatic carbocycles. The highest BCUT2D eigenvalue weighted by Gasteiger charge is 2.22. The maximum Gasteiger partial charge on any atom is 0.260 e. The summed E-state index contributed by atoms with van der Waals surface area (Å²) in [6.45, 7) is 3.37. The highest BCUT2D eigenvalue weighted by molar-refractivity contribution is 7.22. The van der Waals surface area contributed by atoms with Gasteiger partial charge in [0.25, 0.3) is 5.91 Å². The molecular weight excluding hydrogens is 437 g/mol. The number of aromatic nitrogens is 1. The van der Waals surface area contributed by atoms with E-state index in [4.69, 9.17) is 28.2 Å². The Kier molecular flexibility index (Phi) is 8.10. The van der Waals surface area contributed by atoms with Crippen LogP contribution in [0, 0.1) is 0 Å². The summed E-state index contributed by atoms with van der Waals surface area (Å²) in [5.74, 6) is -0.156. The summed E-state index contributed by atoms with van der Waals surface area (Å²) in [6, 6.07) is 11.1. The number of thiazole rings is 1. The molecule has 28 heavy (non-hydrogen) atoms. The Labute approximate surface area is 185 Å². The number of benzene rings is 2. The highest BCUT2D eigenvalue weighted by Crippen LogP contribution is 2.31. The van der Waals surface area contributed by atoms with E-state index < -0.39 is 0 Å². The van der Waals surface area contributed by atoms with Crippen molar-refractivity contribution < 1.29 is 4.79 Å². The average molecular weight is 459 g/mol. The van der Waals surface area contributed by atoms with E-state index in [-0.39, 0.29) is 18.3 Å². The Bertz CT molecular complexity index is 954. The third kappa shape index (κ3) is 5.37. The molecule has 0 radical (unpaired) electrons. The Morgan fingerprint density at radius 2 is 1.75 bits per heavy atom. The fourth-order valence-corrected chi connectivity index (χ4v) is 4.29. The van der Waals surface area contributed by atoms with Crippen molar-refractivity contribution in [3.05, 3.63) is 57.6 Å². The van der Waals surface area contributed by atoms with E-state index >= 15 is 0 Å². The molecule has 0 aliphatic heterocycles. The molecule has 1 heterocycles. The van der Waals surface area contributed by atoms with Crippen molar-refractivity contribution in [1.29, 1.82) is 0 Å². The summed E-state index contributed by atoms with van der Waals surface area (Å²) in [4.78, 5) is 21.7. The van der Waals surface area contributed by atoms with E-state index in [0.717, 1.165) is 23.2 Å². The predicted octanol–water partition coefficient (Wildman–Crippen LogP) is 5.80. The zero-order valence-corrected chi connectivity index (χ0v) is 19.1. The molecule has 0 unspecified atom stereocenters. The van der Waals surface area contributed by atoms with Gasteiger partial charge in [0.05, 0.1) is 10.2 Å². The second-order valence-corrected chi connectivity index (χ2v) is 8.45. The van der Waals surface area contributed by atoms with E-state index in [1.165, 1.54) is 16.9 Å². The summed E-state index contributed by atoms with van der Waals surface area (Å²) in [5, 5.41) is 1.56. The summed E-state index contributed by atoms with van der Waals surface area (Å²) in [7, 11) is 3.95. The van der Waals surface area contributed by atoms with Crippen LogP contribution in [0.1, 0.15) is 22.8 Å². The van der Waals surface area contributed by atoms with Gasteiger partial charge in [-0.25, -0.2) is 4.98 Å². The second-order valence-electron chi connectivity index (χ2n) is 6.57. The Morgan fingerprint density at radius 3 is 2.36 bits per heavy atom. The van der Waals surface area contributed by atoms with Crippen LogP contribution in [0.3, 0.4) is 0 Å². The van der Waals surface area contributed by atoms with Gasteiger partial charge in [0.15, 0.2) is 5.13 Å². The van der Waals surface area contributed by atoms with Gasteiger partial charge >= 0.3 is 0 Å². The number of carbonyl (C=O) groups excluding carboxylic acids is 1. The molecule has 0 bridgehead atoms. The second kappa shape index (κ2) is 9.90. The van der Waals surface area contributed by atoms with Crippen molar-refractivity contribution in [2.75, 3.05) is 32.1 Å². The van der Waals surface area contributed by atoms with Gasteiger partial charge in [0.1, 0.15) is 0 Å². The van der Waals surface area contributed by atoms with Crippen molar-refractivity contribution in [2.45, 2.75) is 13.3 Å². The van der Waals surface area contributed by atoms with Crippen LogP contribution in [-0.2, 0) is 6.42 Å². The molecule has 3 aromatic rings. The lowest BCUT2D eigenvalue weighted by Gasteiger charge is -2.22. The topological polar surface area (TPSA) is 36.4 Å². The van der Waals surface area contributed by atoms with Crippen LogP contribution >= 0.6 is 46.9 Å². The molecule has 150 valence electrons. The fraction of sp³-hybridized carbons (Fsp3) is 0.300. The van der Waals surface area contributed by atoms with Gasteiger partial charge in [-0.1, -0.05) is 47.5 Å². The fourth-order valence-electron chi connectivity index (χ4n) is 2.71. The van der Waals surface area contributed by atoms with E-state index in [0.29, 0.717) is 27.3 Å². The number of anilines is 1. The Balaban J connectivity index is 0.00000280. The van der Waals surface area contributed by atoms with Crippen LogP contribution in [-0.4, -0.2) is 43.0 Å². The molecule has 0 aliphatic rings. The number of fused-ring (bicyclic) bond motifs is 1. The van der Waals surface area contributed by atoms with E-state index in [9.17, 15) is 4.79 Å². The van der Waals surface area contributed by atoms with E-state index in [1.807, 2.05) is 25.1 Å². The molecular formula is C20H22Cl3N3OS. The molecule has 8 heteroatoms. The number of amides is 1. The van der Waals surface area contributed by atoms with Gasteiger partial charge in [0, 0.05) is 28.7 Å². The highest BCUT2D eigenvalue weighted by atomic mass is 35.5. The van der Waals surface area contributed by atoms with Crippen LogP contribution in [0.4, 0.5) is 5.13 Å². The van der Waals surface area contributed by atoms with Crippen molar-refractivity contribution in [3.63, 3.8) is 0 Å². The van der Waals surface area contributed by atoms with Crippen LogP contribution in [0.15, 0.2) is 36.4 Å². The molecule has 0 saturated carbocycles. The quantitative estimate of drug-likeness (QED) is 0.468. The molecule has 4 nitrogen and oxygen atoms in total. The monoisotopic (exact) mass is 457 g/mol. The van der Waals surface area contributed by atoms with Crippen LogP contribution < -0.4 is 4.90 Å². The lowest BCUT2D eigenvalue weighted by molar-refractivity contribution is 0.0985. The summed E-state index contributed by atoms with van der Waals surface area (Å²) >= 11 is 13.7. The van der Waals surface area contributed by atoms with Gasteiger partial charge in [0.2, 0.25) is 0 Å². The molecule has 0 spiro atoms. The zero-order valence-electron chi connectivity index (χ0n) is 15.9. The van der Waals surface area contributed by atoms with Crippen molar-refractivity contribution in [3.8, 4) is 0 Å². The largest absolute Gasteiger partial charge is 0.308 e. The van der Waals surface area contributed by atoms with Crippen LogP contribution in [0.2, 0.25) is 10.0 Å². The minimum absolute atomic E-state index is 0. The number of hydrogen-bond donors (Lipinski definition) is 0. The number of likely N-dealkylation sites (N-methyl/N-ethyl adjacent to an activating group) is 1. The summed E-state index contributed by atoms with van der Waals surface area (Å²) in [5.41, 5.74) is 2.62. The molecule has 0 atom stereocenters. The third-order valence-corrected chi connectivity index (χ3v) is 5.68. The minimum atomic E-state index is -0.156. The van der Waals surface area contributed by atoms with E-state index in [1.54, 1.807) is 23.1 Å². The number of rotatable bonds is 6. The number of aryl methyl sites for hydroxylation is 1. The summed E-state index contributed by atoms with van der Waals surface area (Å²) < 4.78 is 1.08. The van der Waals surface area contributed by atoms with Crippen molar-refractivity contribution in [1.82, 2.24) is 9.88 Å². The van der Waals surface area contributed by atoms with E-state index in [2.05, 4.69) is 19.1 Å². The minimum Gasteiger partial charge on any atom is -0.308 e. The Morgan fingerprint density at radius 1 is 1.07 bits per heavy atom.